The fraction of sp³-hybridized carbons (Fsp3) is 0.333. The fourth-order valence-electron chi connectivity index (χ4n) is 3.65. The Morgan fingerprint density at radius 2 is 1.52 bits per heavy atom. The standard InChI is InChI=1S/C21H24ClN3O6S2/c1-4-21(2,3)25(33(30,31)17-9-5-14(22)6-10-17)18-13-19(26)24(20(18)27)15-7-11-16(12-8-15)32(23,28)29/h5-12,18H,4,13H2,1-3H3,(H2,23,28,29). The number of amides is 2. The van der Waals surface area contributed by atoms with Crippen molar-refractivity contribution >= 4 is 49.1 Å². The fourth-order valence-corrected chi connectivity index (χ4v) is 6.27. The van der Waals surface area contributed by atoms with Gasteiger partial charge in [0, 0.05) is 10.6 Å². The van der Waals surface area contributed by atoms with Crippen LogP contribution < -0.4 is 10.0 Å². The Hall–Kier alpha value is -2.31. The number of nitrogens with zero attached hydrogens (tertiary/aromatic N) is 2. The van der Waals surface area contributed by atoms with E-state index in [-0.39, 0.29) is 21.9 Å². The van der Waals surface area contributed by atoms with Gasteiger partial charge in [-0.15, -0.1) is 0 Å². The first kappa shape index (κ1) is 25.3. The third kappa shape index (κ3) is 4.82. The summed E-state index contributed by atoms with van der Waals surface area (Å²) in [7, 11) is -8.14. The van der Waals surface area contributed by atoms with Crippen molar-refractivity contribution in [1.29, 1.82) is 0 Å². The molecule has 2 N–H and O–H groups in total. The van der Waals surface area contributed by atoms with Gasteiger partial charge in [-0.05, 0) is 68.8 Å². The molecular formula is C21H24ClN3O6S2. The number of primary sulfonamides is 1. The summed E-state index contributed by atoms with van der Waals surface area (Å²) < 4.78 is 51.3. The van der Waals surface area contributed by atoms with E-state index < -0.39 is 43.4 Å². The van der Waals surface area contributed by atoms with E-state index in [2.05, 4.69) is 0 Å². The molecule has 1 saturated heterocycles. The Bertz CT molecular complexity index is 1290. The molecule has 1 fully saturated rings. The molecule has 1 aliphatic rings. The Morgan fingerprint density at radius 3 is 2.00 bits per heavy atom. The molecule has 1 unspecified atom stereocenters. The summed E-state index contributed by atoms with van der Waals surface area (Å²) in [5, 5.41) is 5.45. The number of hydrogen-bond donors (Lipinski definition) is 1. The topological polar surface area (TPSA) is 135 Å². The van der Waals surface area contributed by atoms with Crippen molar-refractivity contribution < 1.29 is 26.4 Å². The number of carbonyl (C=O) groups excluding carboxylic acids is 2. The molecule has 2 aromatic rings. The molecule has 1 heterocycles. The second-order valence-corrected chi connectivity index (χ2v) is 12.1. The minimum absolute atomic E-state index is 0.0513. The van der Waals surface area contributed by atoms with Crippen molar-refractivity contribution in [1.82, 2.24) is 4.31 Å². The molecule has 0 radical (unpaired) electrons. The molecule has 9 nitrogen and oxygen atoms in total. The summed E-state index contributed by atoms with van der Waals surface area (Å²) in [6.45, 7) is 5.15. The molecule has 0 bridgehead atoms. The normalized spacial score (nSPS) is 17.8. The van der Waals surface area contributed by atoms with E-state index in [1.165, 1.54) is 48.5 Å². The van der Waals surface area contributed by atoms with E-state index in [0.29, 0.717) is 11.4 Å². The van der Waals surface area contributed by atoms with Gasteiger partial charge < -0.3 is 0 Å². The predicted octanol–water partition coefficient (Wildman–Crippen LogP) is 2.50. The van der Waals surface area contributed by atoms with E-state index in [1.807, 2.05) is 0 Å². The molecular weight excluding hydrogens is 490 g/mol. The summed E-state index contributed by atoms with van der Waals surface area (Å²) in [5.41, 5.74) is -0.870. The van der Waals surface area contributed by atoms with Crippen molar-refractivity contribution in [2.24, 2.45) is 5.14 Å². The lowest BCUT2D eigenvalue weighted by Crippen LogP contribution is -2.55. The minimum atomic E-state index is -4.18. The summed E-state index contributed by atoms with van der Waals surface area (Å²) in [4.78, 5) is 26.8. The third-order valence-electron chi connectivity index (χ3n) is 5.66. The van der Waals surface area contributed by atoms with Gasteiger partial charge in [0.15, 0.2) is 0 Å². The van der Waals surface area contributed by atoms with Crippen molar-refractivity contribution in [3.63, 3.8) is 0 Å². The molecule has 33 heavy (non-hydrogen) atoms. The second-order valence-electron chi connectivity index (χ2n) is 8.25. The summed E-state index contributed by atoms with van der Waals surface area (Å²) in [6.07, 6.45) is 0.0207. The van der Waals surface area contributed by atoms with Crippen LogP contribution in [0.25, 0.3) is 0 Å². The van der Waals surface area contributed by atoms with E-state index in [9.17, 15) is 26.4 Å². The Labute approximate surface area is 198 Å². The van der Waals surface area contributed by atoms with Gasteiger partial charge in [-0.1, -0.05) is 18.5 Å². The zero-order chi connectivity index (χ0) is 24.8. The molecule has 3 rings (SSSR count). The highest BCUT2D eigenvalue weighted by molar-refractivity contribution is 7.89. The molecule has 1 atom stereocenters. The number of nitrogens with two attached hydrogens (primary N) is 1. The first-order valence-corrected chi connectivity index (χ1v) is 13.4. The largest absolute Gasteiger partial charge is 0.274 e. The van der Waals surface area contributed by atoms with Crippen molar-refractivity contribution in [2.45, 2.75) is 55.0 Å². The van der Waals surface area contributed by atoms with Gasteiger partial charge in [0.25, 0.3) is 5.91 Å². The van der Waals surface area contributed by atoms with Crippen LogP contribution in [0.3, 0.4) is 0 Å². The molecule has 1 aliphatic heterocycles. The highest BCUT2D eigenvalue weighted by Gasteiger charge is 2.51. The maximum absolute atomic E-state index is 13.6. The molecule has 0 aromatic heterocycles. The second kappa shape index (κ2) is 8.80. The number of halogens is 1. The third-order valence-corrected chi connectivity index (χ3v) is 8.98. The van der Waals surface area contributed by atoms with E-state index >= 15 is 0 Å². The maximum Gasteiger partial charge on any atom is 0.252 e. The molecule has 2 aromatic carbocycles. The van der Waals surface area contributed by atoms with E-state index in [4.69, 9.17) is 16.7 Å². The van der Waals surface area contributed by atoms with Crippen molar-refractivity contribution in [2.75, 3.05) is 4.90 Å². The number of benzene rings is 2. The number of sulfonamides is 2. The maximum atomic E-state index is 13.6. The number of carbonyl (C=O) groups is 2. The van der Waals surface area contributed by atoms with Crippen LogP contribution in [-0.4, -0.2) is 44.5 Å². The first-order valence-electron chi connectivity index (χ1n) is 10.00. The van der Waals surface area contributed by atoms with Gasteiger partial charge in [-0.25, -0.2) is 26.9 Å². The van der Waals surface area contributed by atoms with Gasteiger partial charge in [0.1, 0.15) is 6.04 Å². The average molecular weight is 514 g/mol. The Balaban J connectivity index is 2.05. The lowest BCUT2D eigenvalue weighted by atomic mass is 10.00. The Kier molecular flexibility index (Phi) is 6.75. The number of anilines is 1. The van der Waals surface area contributed by atoms with Gasteiger partial charge >= 0.3 is 0 Å². The van der Waals surface area contributed by atoms with Crippen molar-refractivity contribution in [3.05, 3.63) is 53.6 Å². The molecule has 178 valence electrons. The molecule has 12 heteroatoms. The van der Waals surface area contributed by atoms with Gasteiger partial charge in [-0.3, -0.25) is 9.59 Å². The number of rotatable bonds is 7. The summed E-state index contributed by atoms with van der Waals surface area (Å²) >= 11 is 5.89. The molecule has 0 saturated carbocycles. The zero-order valence-corrected chi connectivity index (χ0v) is 20.6. The van der Waals surface area contributed by atoms with Gasteiger partial charge in [0.2, 0.25) is 26.0 Å². The Morgan fingerprint density at radius 1 is 1.00 bits per heavy atom. The van der Waals surface area contributed by atoms with Gasteiger partial charge in [-0.2, -0.15) is 4.31 Å². The van der Waals surface area contributed by atoms with Crippen LogP contribution in [0.1, 0.15) is 33.6 Å². The van der Waals surface area contributed by atoms with E-state index in [0.717, 1.165) is 9.21 Å². The monoisotopic (exact) mass is 513 g/mol. The van der Waals surface area contributed by atoms with Crippen LogP contribution in [0.5, 0.6) is 0 Å². The lowest BCUT2D eigenvalue weighted by molar-refractivity contribution is -0.122. The van der Waals surface area contributed by atoms with Crippen LogP contribution >= 0.6 is 11.6 Å². The summed E-state index contributed by atoms with van der Waals surface area (Å²) in [5.74, 6) is -1.32. The van der Waals surface area contributed by atoms with Crippen LogP contribution in [-0.2, 0) is 29.6 Å². The SMILES string of the molecule is CCC(C)(C)N(C1CC(=O)N(c2ccc(S(N)(=O)=O)cc2)C1=O)S(=O)(=O)c1ccc(Cl)cc1. The average Bonchev–Trinajstić information content (AvgIpc) is 3.01. The quantitative estimate of drug-likeness (QED) is 0.565. The van der Waals surface area contributed by atoms with Crippen LogP contribution in [0.4, 0.5) is 5.69 Å². The highest BCUT2D eigenvalue weighted by Crippen LogP contribution is 2.36. The molecule has 0 aliphatic carbocycles. The van der Waals surface area contributed by atoms with Gasteiger partial charge in [0.05, 0.1) is 21.9 Å². The first-order chi connectivity index (χ1) is 15.2. The summed E-state index contributed by atoms with van der Waals surface area (Å²) in [6, 6.07) is 9.21. The van der Waals surface area contributed by atoms with Crippen LogP contribution in [0.2, 0.25) is 5.02 Å². The number of imide groups is 1. The molecule has 0 spiro atoms. The van der Waals surface area contributed by atoms with Crippen LogP contribution in [0.15, 0.2) is 58.3 Å². The van der Waals surface area contributed by atoms with E-state index in [1.54, 1.807) is 20.8 Å². The predicted molar refractivity (Wildman–Crippen MR) is 124 cm³/mol. The highest BCUT2D eigenvalue weighted by atomic mass is 35.5. The van der Waals surface area contributed by atoms with Crippen LogP contribution in [0, 0.1) is 0 Å². The van der Waals surface area contributed by atoms with Crippen molar-refractivity contribution in [3.8, 4) is 0 Å². The minimum Gasteiger partial charge on any atom is -0.274 e. The smallest absolute Gasteiger partial charge is 0.252 e. The lowest BCUT2D eigenvalue weighted by Gasteiger charge is -2.39. The molecule has 2 amide bonds. The number of hydrogen-bond acceptors (Lipinski definition) is 6. The zero-order valence-electron chi connectivity index (χ0n) is 18.2.